The highest BCUT2D eigenvalue weighted by atomic mass is 16.4. The average molecular weight is 265 g/mol. The molecule has 0 aromatic heterocycles. The van der Waals surface area contributed by atoms with Crippen LogP contribution < -0.4 is 11.1 Å². The maximum absolute atomic E-state index is 11.0. The summed E-state index contributed by atoms with van der Waals surface area (Å²) < 4.78 is 0. The lowest BCUT2D eigenvalue weighted by Crippen LogP contribution is -2.32. The van der Waals surface area contributed by atoms with Crippen LogP contribution in [0.25, 0.3) is 0 Å². The largest absolute Gasteiger partial charge is 0.478 e. The molecule has 1 rings (SSSR count). The molecule has 0 amide bonds. The first-order valence-corrected chi connectivity index (χ1v) is 6.52. The van der Waals surface area contributed by atoms with Crippen molar-refractivity contribution in [1.29, 1.82) is 0 Å². The van der Waals surface area contributed by atoms with E-state index in [1.54, 1.807) is 18.2 Å². The zero-order valence-corrected chi connectivity index (χ0v) is 11.8. The van der Waals surface area contributed by atoms with Gasteiger partial charge in [-0.2, -0.15) is 0 Å². The Kier molecular flexibility index (Phi) is 5.63. The number of nitrogens with two attached hydrogens (primary N) is 1. The van der Waals surface area contributed by atoms with Gasteiger partial charge in [-0.3, -0.25) is 0 Å². The van der Waals surface area contributed by atoms with Crippen molar-refractivity contribution in [2.24, 2.45) is 0 Å². The Morgan fingerprint density at radius 2 is 2.21 bits per heavy atom. The van der Waals surface area contributed by atoms with E-state index in [4.69, 9.17) is 10.8 Å². The Hall–Kier alpha value is -1.75. The van der Waals surface area contributed by atoms with Gasteiger partial charge in [0, 0.05) is 30.5 Å². The molecular weight excluding hydrogens is 242 g/mol. The number of nitrogens with zero attached hydrogens (tertiary/aromatic N) is 1. The Bertz CT molecular complexity index is 435. The molecular formula is C14H23N3O2. The average Bonchev–Trinajstić information content (AvgIpc) is 2.39. The van der Waals surface area contributed by atoms with E-state index in [2.05, 4.69) is 31.1 Å². The second kappa shape index (κ2) is 6.99. The second-order valence-corrected chi connectivity index (χ2v) is 4.77. The van der Waals surface area contributed by atoms with Crippen LogP contribution in [0.15, 0.2) is 18.2 Å². The van der Waals surface area contributed by atoms with Crippen LogP contribution in [-0.4, -0.2) is 42.2 Å². The number of carboxylic acids is 1. The SMILES string of the molecule is CCC(C)N(C)CCNc1ccc(N)c(C(=O)O)c1. The number of hydrogen-bond donors (Lipinski definition) is 3. The molecule has 1 atom stereocenters. The van der Waals surface area contributed by atoms with Gasteiger partial charge in [-0.25, -0.2) is 4.79 Å². The van der Waals surface area contributed by atoms with E-state index in [0.29, 0.717) is 6.04 Å². The fraction of sp³-hybridized carbons (Fsp3) is 0.500. The topological polar surface area (TPSA) is 78.6 Å². The Balaban J connectivity index is 2.54. The maximum Gasteiger partial charge on any atom is 0.337 e. The number of carbonyl (C=O) groups is 1. The quantitative estimate of drug-likeness (QED) is 0.658. The highest BCUT2D eigenvalue weighted by Crippen LogP contribution is 2.17. The molecule has 4 N–H and O–H groups in total. The van der Waals surface area contributed by atoms with Gasteiger partial charge < -0.3 is 21.1 Å². The third-order valence-corrected chi connectivity index (χ3v) is 3.42. The van der Waals surface area contributed by atoms with Crippen molar-refractivity contribution in [2.45, 2.75) is 26.3 Å². The monoisotopic (exact) mass is 265 g/mol. The first-order valence-electron chi connectivity index (χ1n) is 6.52. The van der Waals surface area contributed by atoms with E-state index >= 15 is 0 Å². The number of aromatic carboxylic acids is 1. The predicted molar refractivity (Wildman–Crippen MR) is 78.7 cm³/mol. The smallest absolute Gasteiger partial charge is 0.337 e. The molecule has 5 heteroatoms. The number of hydrogen-bond acceptors (Lipinski definition) is 4. The first kappa shape index (κ1) is 15.3. The summed E-state index contributed by atoms with van der Waals surface area (Å²) in [4.78, 5) is 13.2. The fourth-order valence-electron chi connectivity index (χ4n) is 1.76. The molecule has 0 heterocycles. The van der Waals surface area contributed by atoms with Crippen molar-refractivity contribution < 1.29 is 9.90 Å². The summed E-state index contributed by atoms with van der Waals surface area (Å²) in [6, 6.07) is 5.53. The van der Waals surface area contributed by atoms with Gasteiger partial charge in [0.15, 0.2) is 0 Å². The number of anilines is 2. The summed E-state index contributed by atoms with van der Waals surface area (Å²) in [7, 11) is 2.08. The number of likely N-dealkylation sites (N-methyl/N-ethyl adjacent to an activating group) is 1. The first-order chi connectivity index (χ1) is 8.95. The standard InChI is InChI=1S/C14H23N3O2/c1-4-10(2)17(3)8-7-16-11-5-6-13(15)12(9-11)14(18)19/h5-6,9-10,16H,4,7-8,15H2,1-3H3,(H,18,19). The summed E-state index contributed by atoms with van der Waals surface area (Å²) in [5.41, 5.74) is 6.82. The summed E-state index contributed by atoms with van der Waals surface area (Å²) in [6.07, 6.45) is 1.11. The second-order valence-electron chi connectivity index (χ2n) is 4.77. The third kappa shape index (κ3) is 4.44. The van der Waals surface area contributed by atoms with Crippen LogP contribution in [0, 0.1) is 0 Å². The molecule has 0 aliphatic rings. The van der Waals surface area contributed by atoms with Crippen LogP contribution in [-0.2, 0) is 0 Å². The molecule has 1 unspecified atom stereocenters. The number of carboxylic acid groups (broad SMARTS) is 1. The number of nitrogens with one attached hydrogen (secondary N) is 1. The lowest BCUT2D eigenvalue weighted by atomic mass is 10.1. The molecule has 0 saturated heterocycles. The fourth-order valence-corrected chi connectivity index (χ4v) is 1.76. The molecule has 0 radical (unpaired) electrons. The van der Waals surface area contributed by atoms with E-state index in [1.165, 1.54) is 0 Å². The van der Waals surface area contributed by atoms with Gasteiger partial charge in [-0.15, -0.1) is 0 Å². The van der Waals surface area contributed by atoms with Crippen molar-refractivity contribution in [1.82, 2.24) is 4.90 Å². The minimum absolute atomic E-state index is 0.139. The van der Waals surface area contributed by atoms with E-state index in [1.807, 2.05) is 0 Å². The maximum atomic E-state index is 11.0. The number of rotatable bonds is 7. The van der Waals surface area contributed by atoms with Crippen molar-refractivity contribution in [3.63, 3.8) is 0 Å². The van der Waals surface area contributed by atoms with Crippen LogP contribution in [0.2, 0.25) is 0 Å². The molecule has 0 bridgehead atoms. The van der Waals surface area contributed by atoms with Gasteiger partial charge in [-0.1, -0.05) is 6.92 Å². The van der Waals surface area contributed by atoms with Crippen LogP contribution in [0.5, 0.6) is 0 Å². The molecule has 1 aromatic rings. The minimum Gasteiger partial charge on any atom is -0.478 e. The predicted octanol–water partition coefficient (Wildman–Crippen LogP) is 2.11. The zero-order chi connectivity index (χ0) is 14.4. The molecule has 106 valence electrons. The molecule has 1 aromatic carbocycles. The van der Waals surface area contributed by atoms with Crippen LogP contribution in [0.3, 0.4) is 0 Å². The minimum atomic E-state index is -1.00. The lowest BCUT2D eigenvalue weighted by molar-refractivity contribution is 0.0698. The van der Waals surface area contributed by atoms with Gasteiger partial charge >= 0.3 is 5.97 Å². The van der Waals surface area contributed by atoms with Gasteiger partial charge in [0.05, 0.1) is 5.56 Å². The number of nitrogen functional groups attached to an aromatic ring is 1. The van der Waals surface area contributed by atoms with Crippen LogP contribution in [0.1, 0.15) is 30.6 Å². The molecule has 5 nitrogen and oxygen atoms in total. The van der Waals surface area contributed by atoms with Crippen molar-refractivity contribution >= 4 is 17.3 Å². The summed E-state index contributed by atoms with van der Waals surface area (Å²) in [6.45, 7) is 6.02. The van der Waals surface area contributed by atoms with Crippen molar-refractivity contribution in [3.8, 4) is 0 Å². The summed E-state index contributed by atoms with van der Waals surface area (Å²) >= 11 is 0. The number of benzene rings is 1. The highest BCUT2D eigenvalue weighted by molar-refractivity contribution is 5.94. The Morgan fingerprint density at radius 3 is 2.79 bits per heavy atom. The molecule has 0 saturated carbocycles. The summed E-state index contributed by atoms with van der Waals surface area (Å²) in [5, 5.41) is 12.2. The highest BCUT2D eigenvalue weighted by Gasteiger charge is 2.09. The lowest BCUT2D eigenvalue weighted by Gasteiger charge is -2.23. The van der Waals surface area contributed by atoms with E-state index in [9.17, 15) is 4.79 Å². The molecule has 0 fully saturated rings. The van der Waals surface area contributed by atoms with E-state index in [0.717, 1.165) is 25.2 Å². The Labute approximate surface area is 114 Å². The van der Waals surface area contributed by atoms with E-state index < -0.39 is 5.97 Å². The van der Waals surface area contributed by atoms with Crippen molar-refractivity contribution in [2.75, 3.05) is 31.2 Å². The zero-order valence-electron chi connectivity index (χ0n) is 11.8. The normalized spacial score (nSPS) is 12.4. The molecule has 0 aliphatic carbocycles. The van der Waals surface area contributed by atoms with Gasteiger partial charge in [0.25, 0.3) is 0 Å². The molecule has 0 spiro atoms. The van der Waals surface area contributed by atoms with E-state index in [-0.39, 0.29) is 11.3 Å². The Morgan fingerprint density at radius 1 is 1.53 bits per heavy atom. The van der Waals surface area contributed by atoms with Gasteiger partial charge in [0.2, 0.25) is 0 Å². The van der Waals surface area contributed by atoms with Crippen LogP contribution >= 0.6 is 0 Å². The van der Waals surface area contributed by atoms with Crippen LogP contribution in [0.4, 0.5) is 11.4 Å². The summed E-state index contributed by atoms with van der Waals surface area (Å²) in [5.74, 6) is -1.00. The van der Waals surface area contributed by atoms with Gasteiger partial charge in [-0.05, 0) is 38.6 Å². The van der Waals surface area contributed by atoms with Gasteiger partial charge in [0.1, 0.15) is 0 Å². The molecule has 0 aliphatic heterocycles. The third-order valence-electron chi connectivity index (χ3n) is 3.42. The van der Waals surface area contributed by atoms with Crippen molar-refractivity contribution in [3.05, 3.63) is 23.8 Å². The molecule has 19 heavy (non-hydrogen) atoms.